The molecule has 1 saturated heterocycles. The van der Waals surface area contributed by atoms with Gasteiger partial charge in [0.15, 0.2) is 0 Å². The molecule has 2 aliphatic heterocycles. The van der Waals surface area contributed by atoms with Gasteiger partial charge in [-0.15, -0.1) is 0 Å². The lowest BCUT2D eigenvalue weighted by Crippen LogP contribution is -2.33. The van der Waals surface area contributed by atoms with E-state index in [-0.39, 0.29) is 12.2 Å². The summed E-state index contributed by atoms with van der Waals surface area (Å²) in [5.74, 6) is -3.62. The van der Waals surface area contributed by atoms with E-state index in [1.54, 1.807) is 24.4 Å². The number of rotatable bonds is 5. The maximum absolute atomic E-state index is 13.9. The fraction of sp³-hybridized carbons (Fsp3) is 0.156. The predicted octanol–water partition coefficient (Wildman–Crippen LogP) is 5.91. The third-order valence-corrected chi connectivity index (χ3v) is 10.5. The molecule has 5 aromatic rings. The quantitative estimate of drug-likeness (QED) is 0.238. The number of carbonyl (C=O) groups excluding carboxylic acids is 3. The second kappa shape index (κ2) is 11.0. The molecule has 7 rings (SSSR count). The molecule has 0 radical (unpaired) electrons. The van der Waals surface area contributed by atoms with Crippen molar-refractivity contribution in [1.82, 2.24) is 9.55 Å². The predicted molar refractivity (Wildman–Crippen MR) is 164 cm³/mol. The fourth-order valence-electron chi connectivity index (χ4n) is 5.92. The molecular formula is C32H21F3N4O4S2. The summed E-state index contributed by atoms with van der Waals surface area (Å²) in [5.41, 5.74) is -0.0359. The lowest BCUT2D eigenvalue weighted by molar-refractivity contribution is -0.137. The van der Waals surface area contributed by atoms with Crippen LogP contribution in [0, 0.1) is 5.92 Å². The lowest BCUT2D eigenvalue weighted by Gasteiger charge is -2.30. The van der Waals surface area contributed by atoms with Crippen LogP contribution in [-0.2, 0) is 27.1 Å². The summed E-state index contributed by atoms with van der Waals surface area (Å²) in [6.07, 6.45) is -1.59. The number of hydrogen-bond donors (Lipinski definition) is 1. The highest BCUT2D eigenvalue weighted by molar-refractivity contribution is 8.00. The second-order valence-electron chi connectivity index (χ2n) is 10.6. The van der Waals surface area contributed by atoms with Crippen molar-refractivity contribution in [3.05, 3.63) is 117 Å². The van der Waals surface area contributed by atoms with Gasteiger partial charge in [-0.25, -0.2) is 4.90 Å². The van der Waals surface area contributed by atoms with E-state index in [4.69, 9.17) is 0 Å². The molecule has 2 aliphatic rings. The van der Waals surface area contributed by atoms with Crippen LogP contribution in [-0.4, -0.2) is 32.5 Å². The highest BCUT2D eigenvalue weighted by atomic mass is 32.2. The molecule has 0 bridgehead atoms. The maximum atomic E-state index is 13.9. The zero-order chi connectivity index (χ0) is 31.5. The molecule has 226 valence electrons. The molecule has 8 nitrogen and oxygen atoms in total. The van der Waals surface area contributed by atoms with Crippen molar-refractivity contribution in [2.45, 2.75) is 28.9 Å². The zero-order valence-electron chi connectivity index (χ0n) is 23.0. The van der Waals surface area contributed by atoms with E-state index in [1.165, 1.54) is 16.8 Å². The van der Waals surface area contributed by atoms with E-state index in [0.717, 1.165) is 57.0 Å². The first-order valence-electron chi connectivity index (χ1n) is 13.7. The molecule has 13 heteroatoms. The monoisotopic (exact) mass is 646 g/mol. The normalized spacial score (nSPS) is 19.4. The van der Waals surface area contributed by atoms with Gasteiger partial charge >= 0.3 is 11.0 Å². The minimum atomic E-state index is -4.67. The number of pyridine rings is 1. The number of anilines is 2. The summed E-state index contributed by atoms with van der Waals surface area (Å²) in [6, 6.07) is 20.5. The smallest absolute Gasteiger partial charge is 0.324 e. The van der Waals surface area contributed by atoms with Crippen LogP contribution in [0.4, 0.5) is 24.5 Å². The highest BCUT2D eigenvalue weighted by Gasteiger charge is 2.57. The van der Waals surface area contributed by atoms with Crippen LogP contribution in [0.1, 0.15) is 21.9 Å². The molecule has 1 fully saturated rings. The van der Waals surface area contributed by atoms with Gasteiger partial charge in [-0.3, -0.25) is 28.7 Å². The van der Waals surface area contributed by atoms with Crippen molar-refractivity contribution in [2.24, 2.45) is 5.92 Å². The van der Waals surface area contributed by atoms with Crippen LogP contribution in [0.2, 0.25) is 0 Å². The number of imide groups is 1. The van der Waals surface area contributed by atoms with Gasteiger partial charge in [0.2, 0.25) is 17.7 Å². The number of amides is 3. The van der Waals surface area contributed by atoms with Crippen LogP contribution in [0.3, 0.4) is 0 Å². The van der Waals surface area contributed by atoms with E-state index < -0.39 is 51.4 Å². The number of thioether (sulfide) groups is 1. The van der Waals surface area contributed by atoms with Gasteiger partial charge < -0.3 is 5.32 Å². The number of nitrogens with zero attached hydrogens (tertiary/aromatic N) is 3. The van der Waals surface area contributed by atoms with Gasteiger partial charge in [0.1, 0.15) is 11.8 Å². The van der Waals surface area contributed by atoms with E-state index in [1.807, 2.05) is 36.4 Å². The molecule has 3 atom stereocenters. The van der Waals surface area contributed by atoms with Crippen molar-refractivity contribution in [1.29, 1.82) is 0 Å². The fourth-order valence-corrected chi connectivity index (χ4v) is 8.69. The topological polar surface area (TPSA) is 101 Å². The van der Waals surface area contributed by atoms with Crippen molar-refractivity contribution >= 4 is 63.0 Å². The molecule has 1 N–H and O–H groups in total. The maximum Gasteiger partial charge on any atom is 0.416 e. The number of thiazole rings is 1. The summed E-state index contributed by atoms with van der Waals surface area (Å²) in [6.45, 7) is -0.350. The Balaban J connectivity index is 1.27. The lowest BCUT2D eigenvalue weighted by atomic mass is 9.84. The summed E-state index contributed by atoms with van der Waals surface area (Å²) < 4.78 is 41.8. The van der Waals surface area contributed by atoms with Crippen LogP contribution >= 0.6 is 23.1 Å². The molecule has 0 spiro atoms. The molecule has 0 aliphatic carbocycles. The molecule has 3 aromatic carbocycles. The number of carbonyl (C=O) groups is 3. The Morgan fingerprint density at radius 1 is 0.933 bits per heavy atom. The van der Waals surface area contributed by atoms with Crippen molar-refractivity contribution < 1.29 is 27.6 Å². The molecule has 3 amide bonds. The first-order valence-corrected chi connectivity index (χ1v) is 15.4. The summed E-state index contributed by atoms with van der Waals surface area (Å²) in [4.78, 5) is 59.4. The Morgan fingerprint density at radius 3 is 2.49 bits per heavy atom. The van der Waals surface area contributed by atoms with Crippen LogP contribution in [0.15, 0.2) is 101 Å². The minimum Gasteiger partial charge on any atom is -0.324 e. The molecular weight excluding hydrogens is 626 g/mol. The zero-order valence-corrected chi connectivity index (χ0v) is 24.7. The van der Waals surface area contributed by atoms with Gasteiger partial charge in [0.25, 0.3) is 0 Å². The molecule has 2 aromatic heterocycles. The highest BCUT2D eigenvalue weighted by Crippen LogP contribution is 2.54. The van der Waals surface area contributed by atoms with Gasteiger partial charge in [-0.1, -0.05) is 71.6 Å². The summed E-state index contributed by atoms with van der Waals surface area (Å²) >= 11 is 1.86. The van der Waals surface area contributed by atoms with Crippen molar-refractivity contribution in [2.75, 3.05) is 10.2 Å². The number of hydrogen-bond acceptors (Lipinski definition) is 7. The Morgan fingerprint density at radius 2 is 1.71 bits per heavy atom. The van der Waals surface area contributed by atoms with E-state index in [0.29, 0.717) is 21.2 Å². The Hall–Kier alpha value is -4.75. The first kappa shape index (κ1) is 29.0. The molecule has 4 heterocycles. The van der Waals surface area contributed by atoms with E-state index in [2.05, 4.69) is 10.3 Å². The van der Waals surface area contributed by atoms with Crippen LogP contribution in [0.25, 0.3) is 10.8 Å². The number of halogens is 3. The Labute approximate surface area is 261 Å². The first-order chi connectivity index (χ1) is 21.6. The molecule has 45 heavy (non-hydrogen) atoms. The summed E-state index contributed by atoms with van der Waals surface area (Å²) in [5, 5.41) is 3.94. The minimum absolute atomic E-state index is 0.185. The average Bonchev–Trinajstić information content (AvgIpc) is 3.47. The van der Waals surface area contributed by atoms with Crippen molar-refractivity contribution in [3.8, 4) is 0 Å². The van der Waals surface area contributed by atoms with Crippen LogP contribution in [0.5, 0.6) is 0 Å². The Bertz CT molecular complexity index is 2060. The van der Waals surface area contributed by atoms with Gasteiger partial charge in [-0.05, 0) is 41.3 Å². The number of nitrogens with one attached hydrogen (secondary N) is 1. The second-order valence-corrected chi connectivity index (χ2v) is 12.7. The largest absolute Gasteiger partial charge is 0.416 e. The van der Waals surface area contributed by atoms with E-state index in [9.17, 15) is 32.3 Å². The summed E-state index contributed by atoms with van der Waals surface area (Å²) in [7, 11) is 0. The van der Waals surface area contributed by atoms with Gasteiger partial charge in [0.05, 0.1) is 22.2 Å². The van der Waals surface area contributed by atoms with E-state index >= 15 is 0 Å². The number of benzene rings is 3. The van der Waals surface area contributed by atoms with Crippen LogP contribution < -0.4 is 15.1 Å². The van der Waals surface area contributed by atoms with Crippen molar-refractivity contribution in [3.63, 3.8) is 0 Å². The van der Waals surface area contributed by atoms with Gasteiger partial charge in [-0.2, -0.15) is 13.2 Å². The van der Waals surface area contributed by atoms with Gasteiger partial charge in [0, 0.05) is 34.3 Å². The molecule has 0 saturated carbocycles. The Kier molecular flexibility index (Phi) is 7.09. The number of fused-ring (bicyclic) bond motifs is 3. The third kappa shape index (κ3) is 5.01. The SMILES string of the molecule is O=C(Cn1c2c(sc1=O)[C@@H](c1cccnc1)[C@@H]1C(=O)N(c3cccc(C(F)(F)F)c3)C(=O)[C@@H]1S2)Nc1cccc2ccccc12. The standard InChI is InChI=1S/C32H21F3N4O4S2/c33-32(34,35)19-9-4-10-20(14-19)39-28(41)25-24(18-8-5-13-36-15-18)27-30(44-26(25)29(39)42)38(31(43)45-27)16-23(40)37-22-12-3-7-17-6-1-2-11-21(17)22/h1-15,24-26H,16H2,(H,37,40)/t24-,25-,26+/m0/s1. The average molecular weight is 647 g/mol. The third-order valence-electron chi connectivity index (χ3n) is 7.89. The number of aromatic nitrogens is 2. The number of alkyl halides is 3. The molecule has 0 unspecified atom stereocenters.